The van der Waals surface area contributed by atoms with Crippen LogP contribution in [0.5, 0.6) is 0 Å². The van der Waals surface area contributed by atoms with Crippen molar-refractivity contribution in [3.63, 3.8) is 0 Å². The lowest BCUT2D eigenvalue weighted by Gasteiger charge is -2.12. The first-order chi connectivity index (χ1) is 6.06. The maximum absolute atomic E-state index is 12.8. The summed E-state index contributed by atoms with van der Waals surface area (Å²) in [7, 11) is 0. The standard InChI is InChI=1S/C9H12F2N2/c1-2-8(12)5-3-6(10)7(11)4-9(5)13/h3-4,8H,2,12-13H2,1H3/t8-/m0/s1. The molecule has 0 heterocycles. The summed E-state index contributed by atoms with van der Waals surface area (Å²) in [5, 5.41) is 0. The van der Waals surface area contributed by atoms with Gasteiger partial charge in [0.05, 0.1) is 0 Å². The van der Waals surface area contributed by atoms with Crippen molar-refractivity contribution in [3.05, 3.63) is 29.3 Å². The molecule has 0 aliphatic rings. The fourth-order valence-corrected chi connectivity index (χ4v) is 1.12. The van der Waals surface area contributed by atoms with Gasteiger partial charge in [-0.2, -0.15) is 0 Å². The highest BCUT2D eigenvalue weighted by Crippen LogP contribution is 2.23. The van der Waals surface area contributed by atoms with E-state index in [2.05, 4.69) is 0 Å². The first kappa shape index (κ1) is 9.92. The van der Waals surface area contributed by atoms with Crippen LogP contribution in [0.1, 0.15) is 24.9 Å². The Balaban J connectivity index is 3.15. The lowest BCUT2D eigenvalue weighted by Crippen LogP contribution is -2.12. The molecule has 0 saturated heterocycles. The summed E-state index contributed by atoms with van der Waals surface area (Å²) in [6.07, 6.45) is 0.634. The average molecular weight is 186 g/mol. The van der Waals surface area contributed by atoms with Crippen molar-refractivity contribution in [2.75, 3.05) is 5.73 Å². The monoisotopic (exact) mass is 186 g/mol. The van der Waals surface area contributed by atoms with Crippen molar-refractivity contribution in [1.82, 2.24) is 0 Å². The molecule has 1 aromatic rings. The van der Waals surface area contributed by atoms with E-state index in [1.165, 1.54) is 0 Å². The Morgan fingerprint density at radius 2 is 1.85 bits per heavy atom. The Morgan fingerprint density at radius 3 is 2.38 bits per heavy atom. The number of nitrogens with two attached hydrogens (primary N) is 2. The van der Waals surface area contributed by atoms with E-state index < -0.39 is 11.6 Å². The quantitative estimate of drug-likeness (QED) is 0.693. The summed E-state index contributed by atoms with van der Waals surface area (Å²) in [5.41, 5.74) is 11.8. The highest BCUT2D eigenvalue weighted by molar-refractivity contribution is 5.48. The highest BCUT2D eigenvalue weighted by Gasteiger charge is 2.11. The molecule has 4 N–H and O–H groups in total. The molecule has 72 valence electrons. The molecule has 1 atom stereocenters. The summed E-state index contributed by atoms with van der Waals surface area (Å²) in [5.74, 6) is -1.85. The van der Waals surface area contributed by atoms with Crippen molar-refractivity contribution < 1.29 is 8.78 Å². The van der Waals surface area contributed by atoms with Gasteiger partial charge in [-0.1, -0.05) is 6.92 Å². The molecule has 1 rings (SSSR count). The van der Waals surface area contributed by atoms with Gasteiger partial charge in [-0.3, -0.25) is 0 Å². The van der Waals surface area contributed by atoms with Gasteiger partial charge in [0, 0.05) is 17.8 Å². The second kappa shape index (κ2) is 3.70. The van der Waals surface area contributed by atoms with E-state index in [1.807, 2.05) is 6.92 Å². The predicted octanol–water partition coefficient (Wildman–Crippen LogP) is 1.96. The third-order valence-corrected chi connectivity index (χ3v) is 1.97. The van der Waals surface area contributed by atoms with Gasteiger partial charge >= 0.3 is 0 Å². The molecule has 0 bridgehead atoms. The third kappa shape index (κ3) is 1.95. The molecule has 13 heavy (non-hydrogen) atoms. The number of benzene rings is 1. The van der Waals surface area contributed by atoms with Crippen LogP contribution in [0.15, 0.2) is 12.1 Å². The van der Waals surface area contributed by atoms with Crippen LogP contribution in [-0.4, -0.2) is 0 Å². The zero-order valence-corrected chi connectivity index (χ0v) is 7.35. The number of nitrogen functional groups attached to an aromatic ring is 1. The van der Waals surface area contributed by atoms with E-state index in [-0.39, 0.29) is 11.7 Å². The minimum absolute atomic E-state index is 0.202. The van der Waals surface area contributed by atoms with Crippen LogP contribution in [0.4, 0.5) is 14.5 Å². The van der Waals surface area contributed by atoms with Gasteiger partial charge < -0.3 is 11.5 Å². The largest absolute Gasteiger partial charge is 0.398 e. The summed E-state index contributed by atoms with van der Waals surface area (Å²) in [4.78, 5) is 0. The van der Waals surface area contributed by atoms with Gasteiger partial charge in [0.1, 0.15) is 0 Å². The second-order valence-corrected chi connectivity index (χ2v) is 2.91. The topological polar surface area (TPSA) is 52.0 Å². The van der Waals surface area contributed by atoms with Gasteiger partial charge in [-0.25, -0.2) is 8.78 Å². The molecule has 0 aliphatic heterocycles. The molecule has 0 spiro atoms. The molecule has 0 amide bonds. The van der Waals surface area contributed by atoms with Crippen LogP contribution >= 0.6 is 0 Å². The zero-order chi connectivity index (χ0) is 10.0. The van der Waals surface area contributed by atoms with Gasteiger partial charge in [-0.15, -0.1) is 0 Å². The van der Waals surface area contributed by atoms with E-state index >= 15 is 0 Å². The van der Waals surface area contributed by atoms with Crippen molar-refractivity contribution in [2.45, 2.75) is 19.4 Å². The van der Waals surface area contributed by atoms with E-state index in [0.29, 0.717) is 12.0 Å². The minimum atomic E-state index is -0.940. The van der Waals surface area contributed by atoms with Crippen LogP contribution < -0.4 is 11.5 Å². The molecule has 4 heteroatoms. The summed E-state index contributed by atoms with van der Waals surface area (Å²) in [6, 6.07) is 1.68. The van der Waals surface area contributed by atoms with Crippen LogP contribution in [0, 0.1) is 11.6 Å². The van der Waals surface area contributed by atoms with E-state index in [1.54, 1.807) is 0 Å². The van der Waals surface area contributed by atoms with Crippen molar-refractivity contribution in [1.29, 1.82) is 0 Å². The van der Waals surface area contributed by atoms with Crippen molar-refractivity contribution >= 4 is 5.69 Å². The molecule has 2 nitrogen and oxygen atoms in total. The van der Waals surface area contributed by atoms with Crippen molar-refractivity contribution in [2.24, 2.45) is 5.73 Å². The first-order valence-electron chi connectivity index (χ1n) is 4.06. The summed E-state index contributed by atoms with van der Waals surface area (Å²) in [6.45, 7) is 1.85. The molecule has 0 fully saturated rings. The number of halogens is 2. The maximum Gasteiger partial charge on any atom is 0.160 e. The Labute approximate surface area is 75.5 Å². The molecule has 0 radical (unpaired) electrons. The molecule has 0 saturated carbocycles. The molecule has 0 aromatic heterocycles. The van der Waals surface area contributed by atoms with Crippen LogP contribution in [0.3, 0.4) is 0 Å². The van der Waals surface area contributed by atoms with Gasteiger partial charge in [0.25, 0.3) is 0 Å². The Kier molecular flexibility index (Phi) is 2.83. The van der Waals surface area contributed by atoms with Gasteiger partial charge in [-0.05, 0) is 18.1 Å². The molecule has 0 unspecified atom stereocenters. The van der Waals surface area contributed by atoms with Crippen LogP contribution in [0.25, 0.3) is 0 Å². The molecule has 1 aromatic carbocycles. The second-order valence-electron chi connectivity index (χ2n) is 2.91. The molecule has 0 aliphatic carbocycles. The minimum Gasteiger partial charge on any atom is -0.398 e. The average Bonchev–Trinajstić information content (AvgIpc) is 2.10. The lowest BCUT2D eigenvalue weighted by atomic mass is 10.0. The normalized spacial score (nSPS) is 12.9. The lowest BCUT2D eigenvalue weighted by molar-refractivity contribution is 0.505. The summed E-state index contributed by atoms with van der Waals surface area (Å²) < 4.78 is 25.4. The zero-order valence-electron chi connectivity index (χ0n) is 7.35. The van der Waals surface area contributed by atoms with Gasteiger partial charge in [0.15, 0.2) is 11.6 Å². The van der Waals surface area contributed by atoms with Crippen molar-refractivity contribution in [3.8, 4) is 0 Å². The highest BCUT2D eigenvalue weighted by atomic mass is 19.2. The smallest absolute Gasteiger partial charge is 0.160 e. The Hall–Kier alpha value is -1.16. The van der Waals surface area contributed by atoms with Gasteiger partial charge in [0.2, 0.25) is 0 Å². The van der Waals surface area contributed by atoms with E-state index in [4.69, 9.17) is 11.5 Å². The fourth-order valence-electron chi connectivity index (χ4n) is 1.12. The Bertz CT molecular complexity index is 313. The number of anilines is 1. The SMILES string of the molecule is CC[C@H](N)c1cc(F)c(F)cc1N. The van der Waals surface area contributed by atoms with Crippen LogP contribution in [0.2, 0.25) is 0 Å². The predicted molar refractivity (Wildman–Crippen MR) is 48.0 cm³/mol. The number of rotatable bonds is 2. The first-order valence-corrected chi connectivity index (χ1v) is 4.06. The maximum atomic E-state index is 12.8. The number of hydrogen-bond donors (Lipinski definition) is 2. The van der Waals surface area contributed by atoms with E-state index in [0.717, 1.165) is 12.1 Å². The molecular weight excluding hydrogens is 174 g/mol. The van der Waals surface area contributed by atoms with Crippen LogP contribution in [-0.2, 0) is 0 Å². The fraction of sp³-hybridized carbons (Fsp3) is 0.333. The third-order valence-electron chi connectivity index (χ3n) is 1.97. The Morgan fingerprint density at radius 1 is 1.31 bits per heavy atom. The summed E-state index contributed by atoms with van der Waals surface area (Å²) >= 11 is 0. The van der Waals surface area contributed by atoms with E-state index in [9.17, 15) is 8.78 Å². The molecular formula is C9H12F2N2. The number of hydrogen-bond acceptors (Lipinski definition) is 2.